The number of phenols is 1. The molecule has 2 aliphatic heterocycles. The molecule has 7 nitrogen and oxygen atoms in total. The van der Waals surface area contributed by atoms with Crippen LogP contribution in [0.4, 0.5) is 5.69 Å². The number of ether oxygens (including phenoxy) is 2. The average Bonchev–Trinajstić information content (AvgIpc) is 2.55. The first kappa shape index (κ1) is 17.3. The van der Waals surface area contributed by atoms with E-state index in [0.29, 0.717) is 24.2 Å². The molecule has 1 aromatic carbocycles. The van der Waals surface area contributed by atoms with Crippen molar-refractivity contribution in [3.63, 3.8) is 0 Å². The molecule has 0 aliphatic carbocycles. The van der Waals surface area contributed by atoms with E-state index in [1.54, 1.807) is 19.1 Å². The van der Waals surface area contributed by atoms with Gasteiger partial charge in [0.05, 0.1) is 17.7 Å². The van der Waals surface area contributed by atoms with E-state index in [9.17, 15) is 19.8 Å². The SMILES string of the molecule is CC(=O)OC1CC2C=CCC(O)C(C)C(=O)Nc3cc(O)cc1c3O2. The van der Waals surface area contributed by atoms with Crippen molar-refractivity contribution in [1.29, 1.82) is 0 Å². The zero-order valence-electron chi connectivity index (χ0n) is 14.1. The van der Waals surface area contributed by atoms with E-state index in [1.165, 1.54) is 19.1 Å². The van der Waals surface area contributed by atoms with Gasteiger partial charge in [0.25, 0.3) is 0 Å². The highest BCUT2D eigenvalue weighted by molar-refractivity contribution is 5.94. The van der Waals surface area contributed by atoms with E-state index in [4.69, 9.17) is 9.47 Å². The monoisotopic (exact) mass is 347 g/mol. The molecule has 1 aromatic rings. The molecule has 134 valence electrons. The molecule has 2 aliphatic rings. The summed E-state index contributed by atoms with van der Waals surface area (Å²) in [7, 11) is 0. The van der Waals surface area contributed by atoms with Gasteiger partial charge in [0, 0.05) is 25.0 Å². The number of aliphatic hydroxyl groups is 1. The number of fused-ring (bicyclic) bond motifs is 1. The van der Waals surface area contributed by atoms with Crippen LogP contribution in [0.15, 0.2) is 24.3 Å². The fourth-order valence-corrected chi connectivity index (χ4v) is 3.06. The average molecular weight is 347 g/mol. The minimum Gasteiger partial charge on any atom is -0.508 e. The number of carbonyl (C=O) groups is 2. The molecular formula is C18H21NO6. The smallest absolute Gasteiger partial charge is 0.303 e. The van der Waals surface area contributed by atoms with E-state index in [-0.39, 0.29) is 23.4 Å². The summed E-state index contributed by atoms with van der Waals surface area (Å²) in [6.07, 6.45) is 2.44. The van der Waals surface area contributed by atoms with Crippen molar-refractivity contribution in [2.45, 2.75) is 45.0 Å². The van der Waals surface area contributed by atoms with Crippen molar-refractivity contribution in [3.8, 4) is 11.5 Å². The highest BCUT2D eigenvalue weighted by Crippen LogP contribution is 2.45. The van der Waals surface area contributed by atoms with Crippen LogP contribution < -0.4 is 10.1 Å². The summed E-state index contributed by atoms with van der Waals surface area (Å²) in [4.78, 5) is 23.8. The largest absolute Gasteiger partial charge is 0.508 e. The van der Waals surface area contributed by atoms with Crippen LogP contribution in [-0.4, -0.2) is 34.3 Å². The molecule has 1 amide bonds. The van der Waals surface area contributed by atoms with Crippen molar-refractivity contribution < 1.29 is 29.3 Å². The third-order valence-corrected chi connectivity index (χ3v) is 4.45. The fourth-order valence-electron chi connectivity index (χ4n) is 3.06. The Kier molecular flexibility index (Phi) is 4.67. The molecule has 3 rings (SSSR count). The Bertz CT molecular complexity index is 729. The number of aromatic hydroxyl groups is 1. The van der Waals surface area contributed by atoms with Gasteiger partial charge in [-0.3, -0.25) is 9.59 Å². The van der Waals surface area contributed by atoms with Crippen molar-refractivity contribution in [2.24, 2.45) is 5.92 Å². The Balaban J connectivity index is 2.09. The summed E-state index contributed by atoms with van der Waals surface area (Å²) in [5.41, 5.74) is 0.791. The van der Waals surface area contributed by atoms with Crippen molar-refractivity contribution in [1.82, 2.24) is 0 Å². The number of hydrogen-bond donors (Lipinski definition) is 3. The van der Waals surface area contributed by atoms with Gasteiger partial charge in [-0.2, -0.15) is 0 Å². The van der Waals surface area contributed by atoms with Crippen molar-refractivity contribution in [3.05, 3.63) is 29.8 Å². The van der Waals surface area contributed by atoms with Crippen molar-refractivity contribution in [2.75, 3.05) is 5.32 Å². The van der Waals surface area contributed by atoms with Gasteiger partial charge < -0.3 is 25.0 Å². The molecule has 4 unspecified atom stereocenters. The van der Waals surface area contributed by atoms with Crippen molar-refractivity contribution >= 4 is 17.6 Å². The number of hydrogen-bond acceptors (Lipinski definition) is 6. The predicted molar refractivity (Wildman–Crippen MR) is 89.2 cm³/mol. The molecule has 7 heteroatoms. The Morgan fingerprint density at radius 3 is 2.88 bits per heavy atom. The number of esters is 1. The Hall–Kier alpha value is -2.54. The minimum absolute atomic E-state index is 0.0770. The maximum Gasteiger partial charge on any atom is 0.303 e. The van der Waals surface area contributed by atoms with Gasteiger partial charge in [-0.05, 0) is 18.6 Å². The van der Waals surface area contributed by atoms with Gasteiger partial charge in [-0.15, -0.1) is 0 Å². The van der Waals surface area contributed by atoms with E-state index < -0.39 is 24.1 Å². The zero-order valence-corrected chi connectivity index (χ0v) is 14.1. The van der Waals surface area contributed by atoms with Gasteiger partial charge in [0.2, 0.25) is 5.91 Å². The molecular weight excluding hydrogens is 326 g/mol. The van der Waals surface area contributed by atoms with E-state index in [0.717, 1.165) is 0 Å². The molecule has 25 heavy (non-hydrogen) atoms. The normalized spacial score (nSPS) is 28.4. The number of benzene rings is 1. The molecule has 0 aromatic heterocycles. The van der Waals surface area contributed by atoms with Crippen LogP contribution in [0, 0.1) is 5.92 Å². The highest BCUT2D eigenvalue weighted by atomic mass is 16.6. The zero-order chi connectivity index (χ0) is 18.1. The third kappa shape index (κ3) is 3.61. The molecule has 3 N–H and O–H groups in total. The lowest BCUT2D eigenvalue weighted by atomic mass is 9.97. The van der Waals surface area contributed by atoms with Crippen LogP contribution in [0.25, 0.3) is 0 Å². The summed E-state index contributed by atoms with van der Waals surface area (Å²) in [5, 5.41) is 22.8. The van der Waals surface area contributed by atoms with Gasteiger partial charge in [-0.1, -0.05) is 13.0 Å². The standard InChI is InChI=1S/C18H21NO6/c1-9-15(22)5-3-4-12-8-16(24-10(2)20)13-6-11(21)7-14(17(13)25-12)19-18(9)23/h3-4,6-7,9,12,15-16,21-22H,5,8H2,1-2H3,(H,19,23). The molecule has 0 fully saturated rings. The van der Waals surface area contributed by atoms with Crippen LogP contribution in [0.2, 0.25) is 0 Å². The number of amides is 1. The lowest BCUT2D eigenvalue weighted by Gasteiger charge is -2.32. The number of anilines is 1. The second-order valence-electron chi connectivity index (χ2n) is 6.41. The third-order valence-electron chi connectivity index (χ3n) is 4.45. The number of rotatable bonds is 1. The summed E-state index contributed by atoms with van der Waals surface area (Å²) in [6, 6.07) is 2.85. The summed E-state index contributed by atoms with van der Waals surface area (Å²) >= 11 is 0. The maximum atomic E-state index is 12.4. The van der Waals surface area contributed by atoms with Crippen LogP contribution in [0.5, 0.6) is 11.5 Å². The second-order valence-corrected chi connectivity index (χ2v) is 6.41. The molecule has 2 bridgehead atoms. The lowest BCUT2D eigenvalue weighted by Crippen LogP contribution is -2.30. The minimum atomic E-state index is -0.833. The lowest BCUT2D eigenvalue weighted by molar-refractivity contribution is -0.148. The first-order valence-electron chi connectivity index (χ1n) is 8.21. The van der Waals surface area contributed by atoms with Gasteiger partial charge in [0.1, 0.15) is 18.0 Å². The van der Waals surface area contributed by atoms with Gasteiger partial charge >= 0.3 is 5.97 Å². The summed E-state index contributed by atoms with van der Waals surface area (Å²) in [6.45, 7) is 2.95. The first-order valence-corrected chi connectivity index (χ1v) is 8.21. The van der Waals surface area contributed by atoms with Crippen LogP contribution in [-0.2, 0) is 14.3 Å². The second kappa shape index (κ2) is 6.76. The van der Waals surface area contributed by atoms with E-state index in [1.807, 2.05) is 0 Å². The van der Waals surface area contributed by atoms with Gasteiger partial charge in [0.15, 0.2) is 5.75 Å². The molecule has 0 saturated heterocycles. The van der Waals surface area contributed by atoms with Crippen LogP contribution in [0.1, 0.15) is 38.4 Å². The van der Waals surface area contributed by atoms with E-state index >= 15 is 0 Å². The Morgan fingerprint density at radius 2 is 2.16 bits per heavy atom. The van der Waals surface area contributed by atoms with E-state index in [2.05, 4.69) is 5.32 Å². The molecule has 4 atom stereocenters. The molecule has 0 spiro atoms. The molecule has 2 heterocycles. The first-order chi connectivity index (χ1) is 11.8. The highest BCUT2D eigenvalue weighted by Gasteiger charge is 2.33. The maximum absolute atomic E-state index is 12.4. The number of phenolic OH excluding ortho intramolecular Hbond substituents is 1. The molecule has 0 saturated carbocycles. The van der Waals surface area contributed by atoms with Crippen LogP contribution >= 0.6 is 0 Å². The van der Waals surface area contributed by atoms with Gasteiger partial charge in [-0.25, -0.2) is 0 Å². The number of carbonyl (C=O) groups excluding carboxylic acids is 2. The number of nitrogens with one attached hydrogen (secondary N) is 1. The molecule has 0 radical (unpaired) electrons. The predicted octanol–water partition coefficient (Wildman–Crippen LogP) is 2.04. The summed E-state index contributed by atoms with van der Waals surface area (Å²) in [5.74, 6) is -1.17. The Labute approximate surface area is 145 Å². The summed E-state index contributed by atoms with van der Waals surface area (Å²) < 4.78 is 11.3. The quantitative estimate of drug-likeness (QED) is 0.530. The number of aliphatic hydroxyl groups excluding tert-OH is 1. The van der Waals surface area contributed by atoms with Crippen LogP contribution in [0.3, 0.4) is 0 Å². The Morgan fingerprint density at radius 1 is 1.40 bits per heavy atom. The fraction of sp³-hybridized carbons (Fsp3) is 0.444. The topological polar surface area (TPSA) is 105 Å².